The largest absolute Gasteiger partial charge is 0.480 e. The van der Waals surface area contributed by atoms with Gasteiger partial charge < -0.3 is 36.4 Å². The van der Waals surface area contributed by atoms with E-state index in [1.807, 2.05) is 18.2 Å². The second-order valence-corrected chi connectivity index (χ2v) is 14.9. The number of thiocarbonyl (C=S) groups is 1. The van der Waals surface area contributed by atoms with Gasteiger partial charge in [-0.25, -0.2) is 9.67 Å². The third-order valence-corrected chi connectivity index (χ3v) is 9.85. The van der Waals surface area contributed by atoms with E-state index in [1.165, 1.54) is 9.80 Å². The molecule has 0 spiro atoms. The number of nitrogens with one attached hydrogen (secondary N) is 3. The Hall–Kier alpha value is -6.03. The highest BCUT2D eigenvalue weighted by Crippen LogP contribution is 2.29. The molecule has 1 aliphatic heterocycles. The number of amides is 1. The number of aliphatic carboxylic acids is 4. The number of halogens is 2. The van der Waals surface area contributed by atoms with Crippen LogP contribution in [-0.4, -0.2) is 156 Å². The van der Waals surface area contributed by atoms with Gasteiger partial charge in [0.1, 0.15) is 0 Å². The highest BCUT2D eigenvalue weighted by molar-refractivity contribution is 7.80. The van der Waals surface area contributed by atoms with Gasteiger partial charge >= 0.3 is 23.9 Å². The van der Waals surface area contributed by atoms with Crippen molar-refractivity contribution in [1.29, 1.82) is 0 Å². The van der Waals surface area contributed by atoms with E-state index in [4.69, 9.17) is 50.6 Å². The molecule has 0 unspecified atom stereocenters. The second-order valence-electron chi connectivity index (χ2n) is 13.7. The van der Waals surface area contributed by atoms with Crippen molar-refractivity contribution < 1.29 is 44.4 Å². The van der Waals surface area contributed by atoms with Crippen molar-refractivity contribution in [1.82, 2.24) is 40.1 Å². The van der Waals surface area contributed by atoms with Gasteiger partial charge in [0.25, 0.3) is 5.91 Å². The molecule has 0 saturated heterocycles. The first-order valence-electron chi connectivity index (χ1n) is 18.7. The summed E-state index contributed by atoms with van der Waals surface area (Å²) in [5.74, 6) is -4.76. The number of carboxylic acid groups (broad SMARTS) is 4. The van der Waals surface area contributed by atoms with Gasteiger partial charge in [-0.2, -0.15) is 0 Å². The summed E-state index contributed by atoms with van der Waals surface area (Å²) in [5.41, 5.74) is 4.09. The van der Waals surface area contributed by atoms with Crippen LogP contribution in [0.1, 0.15) is 33.1 Å². The third kappa shape index (κ3) is 14.0. The van der Waals surface area contributed by atoms with Crippen LogP contribution in [-0.2, 0) is 32.3 Å². The molecule has 0 fully saturated rings. The zero-order chi connectivity index (χ0) is 44.1. The van der Waals surface area contributed by atoms with Crippen molar-refractivity contribution in [2.24, 2.45) is 4.99 Å². The number of aromatic nitrogens is 3. The van der Waals surface area contributed by atoms with Gasteiger partial charge in [0.15, 0.2) is 10.9 Å². The highest BCUT2D eigenvalue weighted by atomic mass is 35.5. The maximum atomic E-state index is 13.1. The Balaban J connectivity index is 1.10. The Bertz CT molecular complexity index is 2280. The van der Waals surface area contributed by atoms with Crippen LogP contribution in [0.3, 0.4) is 0 Å². The Labute approximate surface area is 364 Å². The summed E-state index contributed by atoms with van der Waals surface area (Å²) < 4.78 is 1.58. The van der Waals surface area contributed by atoms with E-state index in [0.29, 0.717) is 38.5 Å². The smallest absolute Gasteiger partial charge is 0.317 e. The SMILES string of the molecule is O=C(O)CN(CCN(CC(=O)O)CC(=O)O)CCN(CC(=O)O)Cc1ccc(NC(=S)NCCNC(=O)c2nc3n(n2)-c2ccc(Cl)cc2C(c2ccccc2Cl)=NC3)cc1. The molecule has 7 N–H and O–H groups in total. The standard InChI is InChI=1S/C39H42Cl2N10O9S/c40-25-7-10-30-28(17-25)36(27-3-1-2-4-29(27)41)44-18-31-46-37(47-51(30)31)38(60)42-11-12-43-39(61)45-26-8-5-24(6-9-26)19-49(21-33(54)55)15-13-48(20-32(52)53)14-16-50(22-34(56)57)23-35(58)59/h1-10,17H,11-16,18-23H2,(H,42,60)(H,52,53)(H,54,55)(H,56,57)(H,58,59)(H2,43,45,61). The first-order valence-corrected chi connectivity index (χ1v) is 19.8. The van der Waals surface area contributed by atoms with Crippen LogP contribution in [0.5, 0.6) is 0 Å². The van der Waals surface area contributed by atoms with Gasteiger partial charge in [-0.05, 0) is 54.2 Å². The molecule has 0 bridgehead atoms. The fraction of sp³-hybridized carbons (Fsp3) is 0.308. The Kier molecular flexibility index (Phi) is 16.6. The molecule has 0 atom stereocenters. The van der Waals surface area contributed by atoms with E-state index in [0.717, 1.165) is 11.1 Å². The minimum atomic E-state index is -1.22. The Morgan fingerprint density at radius 2 is 1.31 bits per heavy atom. The summed E-state index contributed by atoms with van der Waals surface area (Å²) in [7, 11) is 0. The molecule has 4 aromatic rings. The monoisotopic (exact) mass is 896 g/mol. The van der Waals surface area contributed by atoms with Crippen LogP contribution in [0.25, 0.3) is 5.69 Å². The maximum Gasteiger partial charge on any atom is 0.317 e. The Morgan fingerprint density at radius 1 is 0.721 bits per heavy atom. The van der Waals surface area contributed by atoms with Crippen molar-refractivity contribution in [2.45, 2.75) is 13.1 Å². The number of aliphatic imine (C=N–C) groups is 1. The zero-order valence-electron chi connectivity index (χ0n) is 32.5. The number of carboxylic acids is 4. The maximum absolute atomic E-state index is 13.1. The van der Waals surface area contributed by atoms with E-state index < -0.39 is 49.4 Å². The lowest BCUT2D eigenvalue weighted by atomic mass is 10.0. The molecule has 322 valence electrons. The lowest BCUT2D eigenvalue weighted by molar-refractivity contribution is -0.143. The lowest BCUT2D eigenvalue weighted by Crippen LogP contribution is -2.44. The molecular formula is C39H42Cl2N10O9S. The van der Waals surface area contributed by atoms with Crippen LogP contribution in [0.2, 0.25) is 10.0 Å². The molecule has 22 heteroatoms. The van der Waals surface area contributed by atoms with E-state index in [9.17, 15) is 34.2 Å². The van der Waals surface area contributed by atoms with Crippen molar-refractivity contribution in [3.05, 3.63) is 105 Å². The van der Waals surface area contributed by atoms with Crippen molar-refractivity contribution in [3.8, 4) is 5.69 Å². The van der Waals surface area contributed by atoms with Gasteiger partial charge in [-0.1, -0.05) is 53.5 Å². The fourth-order valence-electron chi connectivity index (χ4n) is 6.32. The van der Waals surface area contributed by atoms with Crippen LogP contribution in [0.4, 0.5) is 5.69 Å². The zero-order valence-corrected chi connectivity index (χ0v) is 34.8. The molecule has 2 heterocycles. The molecule has 3 aromatic carbocycles. The number of carbonyl (C=O) groups is 5. The minimum Gasteiger partial charge on any atom is -0.480 e. The van der Waals surface area contributed by atoms with Gasteiger partial charge in [-0.15, -0.1) is 5.10 Å². The molecule has 19 nitrogen and oxygen atoms in total. The number of rotatable bonds is 22. The van der Waals surface area contributed by atoms with E-state index in [1.54, 1.807) is 58.1 Å². The molecular weight excluding hydrogens is 855 g/mol. The normalized spacial score (nSPS) is 12.0. The highest BCUT2D eigenvalue weighted by Gasteiger charge is 2.25. The third-order valence-electron chi connectivity index (χ3n) is 9.04. The van der Waals surface area contributed by atoms with E-state index in [-0.39, 0.29) is 69.8 Å². The van der Waals surface area contributed by atoms with Gasteiger partial charge in [0, 0.05) is 72.7 Å². The summed E-state index contributed by atoms with van der Waals surface area (Å²) in [6.45, 7) is -0.686. The minimum absolute atomic E-state index is 0.0223. The Morgan fingerprint density at radius 3 is 1.97 bits per heavy atom. The molecule has 1 aromatic heterocycles. The molecule has 0 saturated carbocycles. The molecule has 1 aliphatic rings. The molecule has 5 rings (SSSR count). The first-order chi connectivity index (χ1) is 29.1. The summed E-state index contributed by atoms with van der Waals surface area (Å²) in [6, 6.07) is 19.7. The topological polar surface area (TPSA) is 255 Å². The summed E-state index contributed by atoms with van der Waals surface area (Å²) >= 11 is 18.3. The van der Waals surface area contributed by atoms with Crippen LogP contribution >= 0.6 is 35.4 Å². The fourth-order valence-corrected chi connectivity index (χ4v) is 6.94. The lowest BCUT2D eigenvalue weighted by Gasteiger charge is -2.28. The molecule has 1 amide bonds. The summed E-state index contributed by atoms with van der Waals surface area (Å²) in [5, 5.41) is 51.8. The van der Waals surface area contributed by atoms with Crippen LogP contribution < -0.4 is 16.0 Å². The number of benzene rings is 3. The van der Waals surface area contributed by atoms with Gasteiger partial charge in [0.2, 0.25) is 5.82 Å². The predicted molar refractivity (Wildman–Crippen MR) is 229 cm³/mol. The van der Waals surface area contributed by atoms with Gasteiger partial charge in [0.05, 0.1) is 44.1 Å². The number of hydrogen-bond donors (Lipinski definition) is 7. The van der Waals surface area contributed by atoms with Crippen LogP contribution in [0, 0.1) is 0 Å². The molecule has 61 heavy (non-hydrogen) atoms. The summed E-state index contributed by atoms with van der Waals surface area (Å²) in [6.07, 6.45) is 0. The number of fused-ring (bicyclic) bond motifs is 3. The van der Waals surface area contributed by atoms with Crippen molar-refractivity contribution in [2.75, 3.05) is 70.8 Å². The second kappa shape index (κ2) is 22.0. The average molecular weight is 898 g/mol. The van der Waals surface area contributed by atoms with Crippen molar-refractivity contribution in [3.63, 3.8) is 0 Å². The molecule has 0 aliphatic carbocycles. The number of hydrogen-bond acceptors (Lipinski definition) is 12. The van der Waals surface area contributed by atoms with Crippen molar-refractivity contribution >= 4 is 81.7 Å². The number of carbonyl (C=O) groups excluding carboxylic acids is 1. The number of anilines is 1. The van der Waals surface area contributed by atoms with E-state index >= 15 is 0 Å². The average Bonchev–Trinajstić information content (AvgIpc) is 3.56. The van der Waals surface area contributed by atoms with E-state index in [2.05, 4.69) is 26.0 Å². The molecule has 0 radical (unpaired) electrons. The number of nitrogens with zero attached hydrogens (tertiary/aromatic N) is 7. The predicted octanol–water partition coefficient (Wildman–Crippen LogP) is 2.39. The summed E-state index contributed by atoms with van der Waals surface area (Å²) in [4.78, 5) is 72.1. The van der Waals surface area contributed by atoms with Gasteiger partial charge in [-0.3, -0.25) is 43.7 Å². The quantitative estimate of drug-likeness (QED) is 0.0442. The van der Waals surface area contributed by atoms with Crippen LogP contribution in [0.15, 0.2) is 71.7 Å². The first kappa shape index (κ1) is 46.0.